The maximum atomic E-state index is 12.0. The van der Waals surface area contributed by atoms with Crippen molar-refractivity contribution in [2.75, 3.05) is 26.3 Å². The molecule has 0 bridgehead atoms. The molecule has 1 saturated heterocycles. The fraction of sp³-hybridized carbons (Fsp3) is 0.267. The first-order valence-electron chi connectivity index (χ1n) is 6.47. The van der Waals surface area contributed by atoms with E-state index in [1.165, 1.54) is 0 Å². The molecule has 5 heteroatoms. The van der Waals surface area contributed by atoms with Crippen LogP contribution in [0, 0.1) is 0 Å². The summed E-state index contributed by atoms with van der Waals surface area (Å²) in [6, 6.07) is 7.98. The summed E-state index contributed by atoms with van der Waals surface area (Å²) < 4.78 is 6.37. The molecule has 2 heterocycles. The highest BCUT2D eigenvalue weighted by molar-refractivity contribution is 7.20. The van der Waals surface area contributed by atoms with Crippen LogP contribution >= 0.6 is 22.9 Å². The molecular formula is C15H14ClNO2S. The van der Waals surface area contributed by atoms with Gasteiger partial charge >= 0.3 is 0 Å². The minimum Gasteiger partial charge on any atom is -0.378 e. The number of hydrogen-bond acceptors (Lipinski definition) is 3. The van der Waals surface area contributed by atoms with E-state index in [4.69, 9.17) is 16.3 Å². The Labute approximate surface area is 126 Å². The van der Waals surface area contributed by atoms with Crippen LogP contribution in [0.3, 0.4) is 0 Å². The van der Waals surface area contributed by atoms with Crippen LogP contribution < -0.4 is 0 Å². The highest BCUT2D eigenvalue weighted by Gasteiger charge is 2.14. The molecule has 1 fully saturated rings. The van der Waals surface area contributed by atoms with E-state index in [1.807, 2.05) is 30.3 Å². The zero-order valence-corrected chi connectivity index (χ0v) is 12.4. The number of morpholine rings is 1. The Morgan fingerprint density at radius 1 is 1.30 bits per heavy atom. The van der Waals surface area contributed by atoms with Gasteiger partial charge in [0.1, 0.15) is 0 Å². The topological polar surface area (TPSA) is 29.5 Å². The van der Waals surface area contributed by atoms with Gasteiger partial charge in [0.2, 0.25) is 5.91 Å². The number of amides is 1. The maximum absolute atomic E-state index is 12.0. The molecule has 0 atom stereocenters. The number of fused-ring (bicyclic) bond motifs is 1. The number of carbonyl (C=O) groups is 1. The van der Waals surface area contributed by atoms with Crippen molar-refractivity contribution in [2.24, 2.45) is 0 Å². The fourth-order valence-electron chi connectivity index (χ4n) is 2.18. The molecule has 20 heavy (non-hydrogen) atoms. The largest absolute Gasteiger partial charge is 0.378 e. The molecule has 3 rings (SSSR count). The van der Waals surface area contributed by atoms with Crippen molar-refractivity contribution < 1.29 is 9.53 Å². The molecule has 0 spiro atoms. The molecule has 0 unspecified atom stereocenters. The molecular weight excluding hydrogens is 294 g/mol. The molecule has 3 nitrogen and oxygen atoms in total. The van der Waals surface area contributed by atoms with Gasteiger partial charge in [-0.3, -0.25) is 4.79 Å². The predicted molar refractivity (Wildman–Crippen MR) is 83.3 cm³/mol. The molecule has 1 aliphatic heterocycles. The van der Waals surface area contributed by atoms with Crippen molar-refractivity contribution >= 4 is 45.0 Å². The minimum absolute atomic E-state index is 0.0156. The second-order valence-electron chi connectivity index (χ2n) is 4.55. The van der Waals surface area contributed by atoms with E-state index < -0.39 is 0 Å². The molecule has 0 radical (unpaired) electrons. The summed E-state index contributed by atoms with van der Waals surface area (Å²) in [7, 11) is 0. The van der Waals surface area contributed by atoms with Crippen LogP contribution in [0.2, 0.25) is 5.02 Å². The van der Waals surface area contributed by atoms with Crippen LogP contribution in [0.4, 0.5) is 0 Å². The van der Waals surface area contributed by atoms with Crippen LogP contribution in [0.5, 0.6) is 0 Å². The molecule has 1 amide bonds. The van der Waals surface area contributed by atoms with E-state index in [0.29, 0.717) is 26.3 Å². The van der Waals surface area contributed by atoms with E-state index >= 15 is 0 Å². The van der Waals surface area contributed by atoms with Gasteiger partial charge in [0.25, 0.3) is 0 Å². The zero-order chi connectivity index (χ0) is 13.9. The Morgan fingerprint density at radius 3 is 2.80 bits per heavy atom. The summed E-state index contributed by atoms with van der Waals surface area (Å²) in [5, 5.41) is 1.76. The number of carbonyl (C=O) groups excluding carboxylic acids is 1. The highest BCUT2D eigenvalue weighted by Crippen LogP contribution is 2.35. The van der Waals surface area contributed by atoms with Gasteiger partial charge < -0.3 is 9.64 Å². The summed E-state index contributed by atoms with van der Waals surface area (Å²) in [4.78, 5) is 14.8. The standard InChI is InChI=1S/C15H14ClNO2S/c16-15-11-3-1-2-4-12(11)20-13(15)5-6-14(18)17-7-9-19-10-8-17/h1-6H,7-10H2/b6-5+. The molecule has 1 aromatic heterocycles. The normalized spacial score (nSPS) is 16.1. The SMILES string of the molecule is O=C(/C=C/c1sc2ccccc2c1Cl)N1CCOCC1. The van der Waals surface area contributed by atoms with Crippen LogP contribution in [0.25, 0.3) is 16.2 Å². The number of rotatable bonds is 2. The van der Waals surface area contributed by atoms with Gasteiger partial charge in [-0.15, -0.1) is 11.3 Å². The quantitative estimate of drug-likeness (QED) is 0.796. The Kier molecular flexibility index (Phi) is 4.05. The van der Waals surface area contributed by atoms with Crippen molar-refractivity contribution in [1.82, 2.24) is 4.90 Å². The lowest BCUT2D eigenvalue weighted by Gasteiger charge is -2.25. The van der Waals surface area contributed by atoms with Gasteiger partial charge in [-0.1, -0.05) is 29.8 Å². The van der Waals surface area contributed by atoms with Crippen molar-refractivity contribution in [2.45, 2.75) is 0 Å². The van der Waals surface area contributed by atoms with Crippen molar-refractivity contribution in [1.29, 1.82) is 0 Å². The van der Waals surface area contributed by atoms with Crippen LogP contribution in [-0.2, 0) is 9.53 Å². The number of halogens is 1. The molecule has 104 valence electrons. The summed E-state index contributed by atoms with van der Waals surface area (Å²) >= 11 is 7.94. The monoisotopic (exact) mass is 307 g/mol. The van der Waals surface area contributed by atoms with Gasteiger partial charge in [0.15, 0.2) is 0 Å². The summed E-state index contributed by atoms with van der Waals surface area (Å²) in [5.41, 5.74) is 0. The fourth-order valence-corrected chi connectivity index (χ4v) is 3.58. The van der Waals surface area contributed by atoms with Gasteiger partial charge in [0, 0.05) is 34.1 Å². The van der Waals surface area contributed by atoms with E-state index in [9.17, 15) is 4.79 Å². The average Bonchev–Trinajstić information content (AvgIpc) is 2.83. The molecule has 0 aliphatic carbocycles. The van der Waals surface area contributed by atoms with Gasteiger partial charge in [-0.05, 0) is 12.1 Å². The molecule has 0 saturated carbocycles. The van der Waals surface area contributed by atoms with Crippen LogP contribution in [-0.4, -0.2) is 37.1 Å². The third-order valence-corrected chi connectivity index (χ3v) is 4.92. The predicted octanol–water partition coefficient (Wildman–Crippen LogP) is 3.43. The lowest BCUT2D eigenvalue weighted by Crippen LogP contribution is -2.39. The van der Waals surface area contributed by atoms with Crippen LogP contribution in [0.15, 0.2) is 30.3 Å². The number of hydrogen-bond donors (Lipinski definition) is 0. The summed E-state index contributed by atoms with van der Waals surface area (Å²) in [5.74, 6) is 0.0156. The first kappa shape index (κ1) is 13.6. The molecule has 0 N–H and O–H groups in total. The van der Waals surface area contributed by atoms with E-state index in [2.05, 4.69) is 0 Å². The summed E-state index contributed by atoms with van der Waals surface area (Å²) in [6.07, 6.45) is 3.41. The Hall–Kier alpha value is -1.36. The van der Waals surface area contributed by atoms with Gasteiger partial charge in [-0.25, -0.2) is 0 Å². The van der Waals surface area contributed by atoms with Crippen molar-refractivity contribution in [3.8, 4) is 0 Å². The van der Waals surface area contributed by atoms with E-state index in [1.54, 1.807) is 22.3 Å². The summed E-state index contributed by atoms with van der Waals surface area (Å²) in [6.45, 7) is 2.54. The van der Waals surface area contributed by atoms with Crippen LogP contribution in [0.1, 0.15) is 4.88 Å². The Bertz CT molecular complexity index is 659. The number of benzene rings is 1. The number of ether oxygens (including phenoxy) is 1. The second-order valence-corrected chi connectivity index (χ2v) is 6.01. The average molecular weight is 308 g/mol. The molecule has 1 aromatic carbocycles. The maximum Gasteiger partial charge on any atom is 0.246 e. The smallest absolute Gasteiger partial charge is 0.246 e. The number of nitrogens with zero attached hydrogens (tertiary/aromatic N) is 1. The molecule has 2 aromatic rings. The highest BCUT2D eigenvalue weighted by atomic mass is 35.5. The van der Waals surface area contributed by atoms with Gasteiger partial charge in [0.05, 0.1) is 18.2 Å². The zero-order valence-electron chi connectivity index (χ0n) is 10.8. The van der Waals surface area contributed by atoms with E-state index in [0.717, 1.165) is 20.0 Å². The first-order chi connectivity index (χ1) is 9.75. The lowest BCUT2D eigenvalue weighted by atomic mass is 10.2. The third-order valence-electron chi connectivity index (χ3n) is 3.26. The first-order valence-corrected chi connectivity index (χ1v) is 7.67. The third kappa shape index (κ3) is 2.73. The van der Waals surface area contributed by atoms with Crippen molar-refractivity contribution in [3.63, 3.8) is 0 Å². The van der Waals surface area contributed by atoms with E-state index in [-0.39, 0.29) is 5.91 Å². The second kappa shape index (κ2) is 5.95. The molecule has 1 aliphatic rings. The van der Waals surface area contributed by atoms with Crippen molar-refractivity contribution in [3.05, 3.63) is 40.2 Å². The lowest BCUT2D eigenvalue weighted by molar-refractivity contribution is -0.129. The Balaban J connectivity index is 1.80. The van der Waals surface area contributed by atoms with Gasteiger partial charge in [-0.2, -0.15) is 0 Å². The Morgan fingerprint density at radius 2 is 2.05 bits per heavy atom. The number of thiophene rings is 1. The minimum atomic E-state index is 0.0156.